The van der Waals surface area contributed by atoms with Crippen LogP contribution in [0.4, 0.5) is 0 Å². The fraction of sp³-hybridized carbons (Fsp3) is 0.350. The monoisotopic (exact) mass is 424 g/mol. The van der Waals surface area contributed by atoms with Crippen molar-refractivity contribution >= 4 is 11.8 Å². The molecule has 3 aromatic heterocycles. The molecule has 30 heavy (non-hydrogen) atoms. The van der Waals surface area contributed by atoms with E-state index in [-0.39, 0.29) is 5.56 Å². The molecule has 9 nitrogen and oxygen atoms in total. The maximum atomic E-state index is 13.2. The van der Waals surface area contributed by atoms with E-state index in [2.05, 4.69) is 20.6 Å². The number of nitrogens with zero attached hydrogens (tertiary/aromatic N) is 8. The molecule has 0 aliphatic rings. The highest BCUT2D eigenvalue weighted by Gasteiger charge is 2.21. The van der Waals surface area contributed by atoms with Crippen LogP contribution in [0.25, 0.3) is 11.4 Å². The van der Waals surface area contributed by atoms with Crippen molar-refractivity contribution < 1.29 is 0 Å². The molecule has 0 unspecified atom stereocenters. The van der Waals surface area contributed by atoms with Gasteiger partial charge in [0.25, 0.3) is 5.56 Å². The van der Waals surface area contributed by atoms with Gasteiger partial charge in [0.15, 0.2) is 5.69 Å². The Balaban J connectivity index is 1.45. The van der Waals surface area contributed by atoms with Crippen molar-refractivity contribution in [2.45, 2.75) is 37.9 Å². The molecule has 4 rings (SSSR count). The molecule has 0 aliphatic carbocycles. The number of hydrogen-bond donors (Lipinski definition) is 0. The molecule has 3 heterocycles. The highest BCUT2D eigenvalue weighted by molar-refractivity contribution is 7.99. The minimum atomic E-state index is -0.144. The summed E-state index contributed by atoms with van der Waals surface area (Å²) in [6.07, 6.45) is 6.99. The van der Waals surface area contributed by atoms with Crippen LogP contribution >= 0.6 is 11.8 Å². The molecule has 0 aliphatic heterocycles. The quantitative estimate of drug-likeness (QED) is 0.303. The van der Waals surface area contributed by atoms with Gasteiger partial charge in [-0.15, -0.1) is 5.10 Å². The number of aromatic nitrogens is 8. The number of tetrazole rings is 1. The van der Waals surface area contributed by atoms with Crippen LogP contribution in [0, 0.1) is 6.92 Å². The van der Waals surface area contributed by atoms with E-state index >= 15 is 0 Å². The molecule has 0 atom stereocenters. The first-order valence-corrected chi connectivity index (χ1v) is 10.9. The van der Waals surface area contributed by atoms with E-state index in [1.165, 1.54) is 0 Å². The molecular formula is C20H24N8OS. The highest BCUT2D eigenvalue weighted by Crippen LogP contribution is 2.21. The van der Waals surface area contributed by atoms with Crippen LogP contribution in [-0.2, 0) is 13.6 Å². The van der Waals surface area contributed by atoms with Crippen LogP contribution in [0.2, 0.25) is 0 Å². The molecule has 10 heteroatoms. The molecule has 156 valence electrons. The van der Waals surface area contributed by atoms with Crippen molar-refractivity contribution in [1.29, 1.82) is 0 Å². The fourth-order valence-corrected chi connectivity index (χ4v) is 4.23. The zero-order chi connectivity index (χ0) is 20.9. The van der Waals surface area contributed by atoms with E-state index in [4.69, 9.17) is 0 Å². The zero-order valence-electron chi connectivity index (χ0n) is 17.0. The van der Waals surface area contributed by atoms with Crippen molar-refractivity contribution in [2.75, 3.05) is 5.75 Å². The Morgan fingerprint density at radius 2 is 1.90 bits per heavy atom. The highest BCUT2D eigenvalue weighted by atomic mass is 32.2. The number of benzene rings is 1. The first-order valence-electron chi connectivity index (χ1n) is 9.90. The van der Waals surface area contributed by atoms with Gasteiger partial charge in [-0.3, -0.25) is 14.2 Å². The number of aryl methyl sites for hydroxylation is 1. The molecule has 0 spiro atoms. The molecule has 0 N–H and O–H groups in total. The number of para-hydroxylation sites is 1. The minimum Gasteiger partial charge on any atom is -0.283 e. The van der Waals surface area contributed by atoms with Crippen molar-refractivity contribution in [3.8, 4) is 11.4 Å². The van der Waals surface area contributed by atoms with Crippen LogP contribution in [-0.4, -0.2) is 45.1 Å². The van der Waals surface area contributed by atoms with Gasteiger partial charge in [0, 0.05) is 31.7 Å². The van der Waals surface area contributed by atoms with Crippen molar-refractivity contribution in [3.05, 3.63) is 64.8 Å². The van der Waals surface area contributed by atoms with Crippen LogP contribution in [0.15, 0.2) is 58.7 Å². The van der Waals surface area contributed by atoms with Gasteiger partial charge < -0.3 is 0 Å². The van der Waals surface area contributed by atoms with E-state index in [0.29, 0.717) is 10.8 Å². The minimum absolute atomic E-state index is 0.144. The zero-order valence-corrected chi connectivity index (χ0v) is 17.9. The van der Waals surface area contributed by atoms with Gasteiger partial charge in [-0.1, -0.05) is 36.4 Å². The Bertz CT molecular complexity index is 1140. The molecule has 0 radical (unpaired) electrons. The van der Waals surface area contributed by atoms with E-state index in [1.54, 1.807) is 27.3 Å². The Labute approximate surface area is 178 Å². The second-order valence-corrected chi connectivity index (χ2v) is 8.02. The summed E-state index contributed by atoms with van der Waals surface area (Å²) in [5.41, 5.74) is 1.94. The SMILES string of the molecule is Cc1c(-n2nnnc2SCCCCCn2cccn2)c(=O)n(-c2ccccc2)n1C. The first-order chi connectivity index (χ1) is 14.7. The Kier molecular flexibility index (Phi) is 6.12. The summed E-state index contributed by atoms with van der Waals surface area (Å²) in [6.45, 7) is 2.83. The molecule has 4 aromatic rings. The van der Waals surface area contributed by atoms with Crippen molar-refractivity contribution in [3.63, 3.8) is 0 Å². The van der Waals surface area contributed by atoms with Crippen molar-refractivity contribution in [2.24, 2.45) is 7.05 Å². The van der Waals surface area contributed by atoms with Gasteiger partial charge in [0.05, 0.1) is 11.4 Å². The molecule has 0 bridgehead atoms. The molecule has 0 saturated carbocycles. The topological polar surface area (TPSA) is 88.4 Å². The van der Waals surface area contributed by atoms with Gasteiger partial charge in [0.2, 0.25) is 5.16 Å². The molecular weight excluding hydrogens is 400 g/mol. The summed E-state index contributed by atoms with van der Waals surface area (Å²) < 4.78 is 6.98. The third kappa shape index (κ3) is 4.09. The number of rotatable bonds is 9. The fourth-order valence-electron chi connectivity index (χ4n) is 3.36. The third-order valence-electron chi connectivity index (χ3n) is 5.00. The molecule has 0 amide bonds. The van der Waals surface area contributed by atoms with Gasteiger partial charge in [-0.2, -0.15) is 9.78 Å². The lowest BCUT2D eigenvalue weighted by molar-refractivity contribution is 0.554. The van der Waals surface area contributed by atoms with Gasteiger partial charge >= 0.3 is 0 Å². The normalized spacial score (nSPS) is 11.3. The van der Waals surface area contributed by atoms with E-state index in [9.17, 15) is 4.79 Å². The standard InChI is InChI=1S/C20H24N8OS/c1-16-18(19(29)28(25(16)2)17-10-5-3-6-11-17)27-20(22-23-24-27)30-15-8-4-7-13-26-14-9-12-21-26/h3,5-6,9-12,14H,4,7-8,13,15H2,1-2H3. The lowest BCUT2D eigenvalue weighted by Gasteiger charge is -2.07. The lowest BCUT2D eigenvalue weighted by atomic mass is 10.2. The largest absolute Gasteiger partial charge is 0.297 e. The molecule has 0 fully saturated rings. The van der Waals surface area contributed by atoms with E-state index in [0.717, 1.165) is 42.9 Å². The summed E-state index contributed by atoms with van der Waals surface area (Å²) in [4.78, 5) is 13.2. The second kappa shape index (κ2) is 9.12. The summed E-state index contributed by atoms with van der Waals surface area (Å²) in [5.74, 6) is 0.887. The van der Waals surface area contributed by atoms with Gasteiger partial charge in [-0.05, 0) is 48.4 Å². The summed E-state index contributed by atoms with van der Waals surface area (Å²) >= 11 is 1.57. The average Bonchev–Trinajstić information content (AvgIpc) is 3.47. The predicted molar refractivity (Wildman–Crippen MR) is 115 cm³/mol. The van der Waals surface area contributed by atoms with Crippen molar-refractivity contribution in [1.82, 2.24) is 39.4 Å². The van der Waals surface area contributed by atoms with Crippen LogP contribution in [0.1, 0.15) is 25.0 Å². The number of thioether (sulfide) groups is 1. The van der Waals surface area contributed by atoms with Crippen LogP contribution < -0.4 is 5.56 Å². The third-order valence-corrected chi connectivity index (χ3v) is 6.00. The predicted octanol–water partition coefficient (Wildman–Crippen LogP) is 2.62. The number of hydrogen-bond acceptors (Lipinski definition) is 6. The number of unbranched alkanes of at least 4 members (excludes halogenated alkanes) is 2. The van der Waals surface area contributed by atoms with Gasteiger partial charge in [-0.25, -0.2) is 4.68 Å². The Morgan fingerprint density at radius 1 is 1.07 bits per heavy atom. The van der Waals surface area contributed by atoms with E-state index < -0.39 is 0 Å². The van der Waals surface area contributed by atoms with Crippen LogP contribution in [0.3, 0.4) is 0 Å². The van der Waals surface area contributed by atoms with Gasteiger partial charge in [0.1, 0.15) is 0 Å². The molecule has 0 saturated heterocycles. The lowest BCUT2D eigenvalue weighted by Crippen LogP contribution is -2.22. The summed E-state index contributed by atoms with van der Waals surface area (Å²) in [5, 5.41) is 16.9. The summed E-state index contributed by atoms with van der Waals surface area (Å²) in [7, 11) is 1.87. The maximum Gasteiger partial charge on any atom is 0.297 e. The summed E-state index contributed by atoms with van der Waals surface area (Å²) in [6, 6.07) is 11.5. The van der Waals surface area contributed by atoms with E-state index in [1.807, 2.05) is 65.9 Å². The first kappa shape index (κ1) is 20.1. The molecule has 1 aromatic carbocycles. The van der Waals surface area contributed by atoms with Crippen LogP contribution in [0.5, 0.6) is 0 Å². The maximum absolute atomic E-state index is 13.2. The second-order valence-electron chi connectivity index (χ2n) is 6.96. The Morgan fingerprint density at radius 3 is 2.67 bits per heavy atom. The average molecular weight is 425 g/mol. The smallest absolute Gasteiger partial charge is 0.283 e. The Hall–Kier alpha value is -3.14.